The molecule has 3 aromatic rings. The molecule has 0 unspecified atom stereocenters. The number of benzene rings is 3. The maximum Gasteiger partial charge on any atom is 0.115 e. The summed E-state index contributed by atoms with van der Waals surface area (Å²) in [5.41, 5.74) is 4.12. The van der Waals surface area contributed by atoms with Gasteiger partial charge in [0, 0.05) is 0 Å². The van der Waals surface area contributed by atoms with Crippen molar-refractivity contribution in [2.45, 2.75) is 40.5 Å². The first-order valence-electron chi connectivity index (χ1n) is 12.2. The van der Waals surface area contributed by atoms with Gasteiger partial charge in [-0.2, -0.15) is 0 Å². The van der Waals surface area contributed by atoms with E-state index in [2.05, 4.69) is 149 Å². The Balaban J connectivity index is 0.00000432. The fourth-order valence-electron chi connectivity index (χ4n) is 4.20. The number of rotatable bonds is 10. The normalized spacial score (nSPS) is 12.3. The predicted octanol–water partition coefficient (Wildman–Crippen LogP) is 5.18. The minimum Gasteiger partial charge on any atom is -1.00 e. The maximum absolute atomic E-state index is 2.43. The van der Waals surface area contributed by atoms with Crippen molar-refractivity contribution in [1.82, 2.24) is 0 Å². The lowest BCUT2D eigenvalue weighted by Gasteiger charge is -2.26. The largest absolute Gasteiger partial charge is 1.00 e. The van der Waals surface area contributed by atoms with Crippen LogP contribution in [0.3, 0.4) is 0 Å². The lowest BCUT2D eigenvalue weighted by atomic mass is 10.1. The summed E-state index contributed by atoms with van der Waals surface area (Å²) in [4.78, 5) is 0. The average molecular weight is 501 g/mol. The Hall–Kier alpha value is -2.66. The van der Waals surface area contributed by atoms with Gasteiger partial charge in [-0.25, -0.2) is 0 Å². The Bertz CT molecular complexity index is 1040. The Morgan fingerprint density at radius 1 is 0.657 bits per heavy atom. The van der Waals surface area contributed by atoms with Crippen LogP contribution in [0.15, 0.2) is 138 Å². The Morgan fingerprint density at radius 2 is 1.11 bits per heavy atom. The molecule has 182 valence electrons. The summed E-state index contributed by atoms with van der Waals surface area (Å²) in [7, 11) is -1.81. The van der Waals surface area contributed by atoms with Gasteiger partial charge in [0.25, 0.3) is 0 Å². The summed E-state index contributed by atoms with van der Waals surface area (Å²) in [6.45, 7) is 8.77. The van der Waals surface area contributed by atoms with Gasteiger partial charge >= 0.3 is 0 Å². The zero-order valence-corrected chi connectivity index (χ0v) is 23.1. The molecule has 0 aliphatic heterocycles. The van der Waals surface area contributed by atoms with E-state index in [0.29, 0.717) is 0 Å². The first-order chi connectivity index (χ1) is 16.5. The molecule has 0 amide bonds. The molecule has 0 radical (unpaired) electrons. The number of hydrogen-bond donors (Lipinski definition) is 0. The van der Waals surface area contributed by atoms with Crippen LogP contribution in [0.4, 0.5) is 0 Å². The first-order valence-corrected chi connectivity index (χ1v) is 14.2. The molecule has 0 saturated carbocycles. The van der Waals surface area contributed by atoms with Crippen LogP contribution < -0.4 is 28.3 Å². The summed E-state index contributed by atoms with van der Waals surface area (Å²) in [5.74, 6) is 0. The third kappa shape index (κ3) is 8.21. The lowest BCUT2D eigenvalue weighted by Crippen LogP contribution is -3.00. The molecule has 0 nitrogen and oxygen atoms in total. The third-order valence-corrected chi connectivity index (χ3v) is 10.4. The molecule has 0 aliphatic rings. The first kappa shape index (κ1) is 28.6. The highest BCUT2D eigenvalue weighted by Crippen LogP contribution is 2.55. The third-order valence-electron chi connectivity index (χ3n) is 6.11. The van der Waals surface area contributed by atoms with E-state index < -0.39 is 7.26 Å². The van der Waals surface area contributed by atoms with Crippen molar-refractivity contribution in [2.24, 2.45) is 0 Å². The second-order valence-electron chi connectivity index (χ2n) is 9.14. The second kappa shape index (κ2) is 14.7. The van der Waals surface area contributed by atoms with Gasteiger partial charge in [0.05, 0.1) is 6.16 Å². The van der Waals surface area contributed by atoms with E-state index >= 15 is 0 Å². The van der Waals surface area contributed by atoms with E-state index in [4.69, 9.17) is 0 Å². The van der Waals surface area contributed by atoms with Crippen LogP contribution in [0.2, 0.25) is 0 Å². The molecule has 3 rings (SSSR count). The Morgan fingerprint density at radius 3 is 1.54 bits per heavy atom. The van der Waals surface area contributed by atoms with Crippen LogP contribution in [0.25, 0.3) is 0 Å². The molecule has 0 aromatic heterocycles. The van der Waals surface area contributed by atoms with E-state index in [-0.39, 0.29) is 12.4 Å². The molecule has 0 atom stereocenters. The molecule has 0 N–H and O–H groups in total. The highest BCUT2D eigenvalue weighted by Gasteiger charge is 2.44. The maximum atomic E-state index is 2.43. The molecular weight excluding hydrogens is 463 g/mol. The molecule has 0 aliphatic carbocycles. The average Bonchev–Trinajstić information content (AvgIpc) is 2.86. The van der Waals surface area contributed by atoms with Crippen molar-refractivity contribution in [3.8, 4) is 0 Å². The van der Waals surface area contributed by atoms with Crippen LogP contribution in [0.1, 0.15) is 40.5 Å². The van der Waals surface area contributed by atoms with Crippen molar-refractivity contribution in [1.29, 1.82) is 0 Å². The molecule has 0 bridgehead atoms. The molecule has 35 heavy (non-hydrogen) atoms. The standard InChI is InChI=1S/C33H38P.ClH/c1-28(2)16-14-17-29(3)18-15-19-30(4)26-27-34(31-20-8-5-9-21-31,32-22-10-6-11-23-32)33-24-12-7-13-25-33;/h5-13,15-16,18-26H,14,17,27H2,1-4H3;1H/q+1;/p-1/b19-15+,29-18-,30-26+;. The van der Waals surface area contributed by atoms with Gasteiger partial charge in [-0.05, 0) is 83.0 Å². The van der Waals surface area contributed by atoms with Gasteiger partial charge in [-0.1, -0.05) is 95.6 Å². The topological polar surface area (TPSA) is 0 Å². The van der Waals surface area contributed by atoms with E-state index in [1.54, 1.807) is 0 Å². The van der Waals surface area contributed by atoms with Crippen LogP contribution in [0.5, 0.6) is 0 Å². The molecule has 3 aromatic carbocycles. The summed E-state index contributed by atoms with van der Waals surface area (Å²) in [5, 5.41) is 4.28. The minimum absolute atomic E-state index is 0. The predicted molar refractivity (Wildman–Crippen MR) is 155 cm³/mol. The van der Waals surface area contributed by atoms with E-state index in [1.165, 1.54) is 32.6 Å². The highest BCUT2D eigenvalue weighted by atomic mass is 35.5. The molecule has 0 heterocycles. The number of hydrogen-bond acceptors (Lipinski definition) is 0. The lowest BCUT2D eigenvalue weighted by molar-refractivity contribution is -0.00000701. The van der Waals surface area contributed by atoms with Crippen LogP contribution in [0, 0.1) is 0 Å². The Labute approximate surface area is 219 Å². The van der Waals surface area contributed by atoms with Gasteiger partial charge in [0.1, 0.15) is 23.2 Å². The second-order valence-corrected chi connectivity index (χ2v) is 12.7. The molecular formula is C33H38ClP. The van der Waals surface area contributed by atoms with Gasteiger partial charge in [0.15, 0.2) is 0 Å². The van der Waals surface area contributed by atoms with Gasteiger partial charge in [-0.3, -0.25) is 0 Å². The molecule has 2 heteroatoms. The molecule has 0 fully saturated rings. The van der Waals surface area contributed by atoms with Crippen LogP contribution >= 0.6 is 7.26 Å². The molecule has 0 spiro atoms. The van der Waals surface area contributed by atoms with Crippen molar-refractivity contribution >= 4 is 23.2 Å². The van der Waals surface area contributed by atoms with E-state index in [0.717, 1.165) is 19.0 Å². The zero-order chi connectivity index (χ0) is 24.2. The van der Waals surface area contributed by atoms with Gasteiger partial charge < -0.3 is 12.4 Å². The van der Waals surface area contributed by atoms with Crippen molar-refractivity contribution in [3.05, 3.63) is 138 Å². The molecule has 0 saturated heterocycles. The van der Waals surface area contributed by atoms with Crippen LogP contribution in [-0.4, -0.2) is 6.16 Å². The highest BCUT2D eigenvalue weighted by molar-refractivity contribution is 7.95. The smallest absolute Gasteiger partial charge is 0.115 e. The fourth-order valence-corrected chi connectivity index (χ4v) is 8.33. The number of halogens is 1. The SMILES string of the molecule is CC(C)=CCC\C(C)=C/C=C/C(C)=C/C[P+](c1ccccc1)(c1ccccc1)c1ccccc1.[Cl-]. The van der Waals surface area contributed by atoms with E-state index in [9.17, 15) is 0 Å². The Kier molecular flexibility index (Phi) is 12.0. The summed E-state index contributed by atoms with van der Waals surface area (Å²) in [6, 6.07) is 33.3. The zero-order valence-electron chi connectivity index (χ0n) is 21.5. The number of allylic oxidation sites excluding steroid dienone is 8. The minimum atomic E-state index is -1.81. The van der Waals surface area contributed by atoms with Gasteiger partial charge in [0.2, 0.25) is 0 Å². The summed E-state index contributed by atoms with van der Waals surface area (Å²) in [6.07, 6.45) is 14.7. The summed E-state index contributed by atoms with van der Waals surface area (Å²) >= 11 is 0. The quantitative estimate of drug-likeness (QED) is 0.204. The van der Waals surface area contributed by atoms with Crippen LogP contribution in [-0.2, 0) is 0 Å². The van der Waals surface area contributed by atoms with Crippen molar-refractivity contribution in [3.63, 3.8) is 0 Å². The van der Waals surface area contributed by atoms with Gasteiger partial charge in [-0.15, -0.1) is 0 Å². The van der Waals surface area contributed by atoms with Crippen molar-refractivity contribution in [2.75, 3.05) is 6.16 Å². The fraction of sp³-hybridized carbons (Fsp3) is 0.212. The van der Waals surface area contributed by atoms with Crippen molar-refractivity contribution < 1.29 is 12.4 Å². The monoisotopic (exact) mass is 500 g/mol. The summed E-state index contributed by atoms with van der Waals surface area (Å²) < 4.78 is 0. The van der Waals surface area contributed by atoms with E-state index in [1.807, 2.05) is 0 Å².